The molecule has 0 unspecified atom stereocenters. The molecule has 4 nitrogen and oxygen atoms in total. The Morgan fingerprint density at radius 3 is 2.74 bits per heavy atom. The lowest BCUT2D eigenvalue weighted by molar-refractivity contribution is -0.121. The zero-order chi connectivity index (χ0) is 18.7. The van der Waals surface area contributed by atoms with Gasteiger partial charge in [0, 0.05) is 10.6 Å². The smallest absolute Gasteiger partial charge is 0.237 e. The van der Waals surface area contributed by atoms with E-state index in [1.54, 1.807) is 23.1 Å². The molecule has 0 saturated heterocycles. The van der Waals surface area contributed by atoms with Gasteiger partial charge < -0.3 is 0 Å². The van der Waals surface area contributed by atoms with Gasteiger partial charge in [-0.25, -0.2) is 0 Å². The van der Waals surface area contributed by atoms with Crippen molar-refractivity contribution >= 4 is 45.5 Å². The van der Waals surface area contributed by atoms with E-state index in [-0.39, 0.29) is 5.91 Å². The third-order valence-corrected chi connectivity index (χ3v) is 8.22. The van der Waals surface area contributed by atoms with Crippen molar-refractivity contribution in [2.24, 2.45) is 0 Å². The van der Waals surface area contributed by atoms with Crippen molar-refractivity contribution in [1.29, 1.82) is 0 Å². The van der Waals surface area contributed by atoms with E-state index in [2.05, 4.69) is 52.8 Å². The maximum absolute atomic E-state index is 13.1. The lowest BCUT2D eigenvalue weighted by atomic mass is 9.83. The summed E-state index contributed by atoms with van der Waals surface area (Å²) in [6.07, 6.45) is 4.01. The minimum atomic E-state index is -0.395. The molecule has 140 valence electrons. The Morgan fingerprint density at radius 2 is 2.00 bits per heavy atom. The zero-order valence-corrected chi connectivity index (χ0v) is 17.6. The number of anilines is 1. The number of thioether (sulfide) groups is 1. The average Bonchev–Trinajstić information content (AvgIpc) is 3.42. The summed E-state index contributed by atoms with van der Waals surface area (Å²) >= 11 is 4.79. The molecule has 0 radical (unpaired) electrons. The van der Waals surface area contributed by atoms with Crippen LogP contribution >= 0.6 is 34.4 Å². The molecule has 1 aliphatic carbocycles. The first kappa shape index (κ1) is 18.7. The summed E-state index contributed by atoms with van der Waals surface area (Å²) in [5.41, 5.74) is 2.18. The molecule has 27 heavy (non-hydrogen) atoms. The number of carbonyl (C=O) groups is 1. The number of nitrogens with zero attached hydrogens (tertiary/aromatic N) is 2. The van der Waals surface area contributed by atoms with Gasteiger partial charge in [0.05, 0.1) is 5.41 Å². The first-order valence-corrected chi connectivity index (χ1v) is 11.7. The highest BCUT2D eigenvalue weighted by atomic mass is 32.2. The van der Waals surface area contributed by atoms with Gasteiger partial charge in [-0.1, -0.05) is 66.3 Å². The van der Waals surface area contributed by atoms with E-state index < -0.39 is 5.41 Å². The van der Waals surface area contributed by atoms with Crippen LogP contribution in [0.4, 0.5) is 5.13 Å². The second kappa shape index (κ2) is 8.12. The summed E-state index contributed by atoms with van der Waals surface area (Å²) in [5, 5.41) is 14.1. The highest BCUT2D eigenvalue weighted by Crippen LogP contribution is 2.44. The fraction of sp³-hybridized carbons (Fsp3) is 0.350. The van der Waals surface area contributed by atoms with Gasteiger partial charge in [0.25, 0.3) is 0 Å². The van der Waals surface area contributed by atoms with Crippen molar-refractivity contribution in [3.8, 4) is 0 Å². The van der Waals surface area contributed by atoms with E-state index in [4.69, 9.17) is 0 Å². The van der Waals surface area contributed by atoms with Crippen molar-refractivity contribution in [3.05, 3.63) is 57.8 Å². The fourth-order valence-electron chi connectivity index (χ4n) is 3.56. The highest BCUT2D eigenvalue weighted by molar-refractivity contribution is 8.00. The van der Waals surface area contributed by atoms with Crippen molar-refractivity contribution < 1.29 is 4.79 Å². The van der Waals surface area contributed by atoms with Crippen LogP contribution in [0.1, 0.15) is 41.7 Å². The number of benzene rings is 1. The number of amides is 1. The molecule has 4 rings (SSSR count). The van der Waals surface area contributed by atoms with Crippen molar-refractivity contribution in [2.45, 2.75) is 48.1 Å². The molecule has 1 N–H and O–H groups in total. The van der Waals surface area contributed by atoms with Gasteiger partial charge in [-0.3, -0.25) is 10.1 Å². The van der Waals surface area contributed by atoms with Gasteiger partial charge in [0.1, 0.15) is 0 Å². The largest absolute Gasteiger partial charge is 0.300 e. The van der Waals surface area contributed by atoms with Gasteiger partial charge >= 0.3 is 0 Å². The van der Waals surface area contributed by atoms with Gasteiger partial charge in [0.2, 0.25) is 11.0 Å². The van der Waals surface area contributed by atoms with Gasteiger partial charge in [-0.2, -0.15) is 0 Å². The normalized spacial score (nSPS) is 15.7. The molecule has 0 aliphatic heterocycles. The number of hydrogen-bond donors (Lipinski definition) is 1. The van der Waals surface area contributed by atoms with Gasteiger partial charge in [0.15, 0.2) is 4.34 Å². The Bertz CT molecular complexity index is 914. The quantitative estimate of drug-likeness (QED) is 0.417. The van der Waals surface area contributed by atoms with Crippen LogP contribution in [0.5, 0.6) is 0 Å². The van der Waals surface area contributed by atoms with Gasteiger partial charge in [-0.05, 0) is 42.3 Å². The Morgan fingerprint density at radius 1 is 1.19 bits per heavy atom. The molecule has 0 bridgehead atoms. The van der Waals surface area contributed by atoms with Crippen LogP contribution in [0.25, 0.3) is 0 Å². The van der Waals surface area contributed by atoms with E-state index in [1.807, 2.05) is 11.4 Å². The molecule has 1 amide bonds. The molecule has 1 aliphatic rings. The van der Waals surface area contributed by atoms with Crippen molar-refractivity contribution in [1.82, 2.24) is 10.2 Å². The molecular weight excluding hydrogens is 394 g/mol. The van der Waals surface area contributed by atoms with Crippen LogP contribution in [-0.4, -0.2) is 16.1 Å². The first-order valence-electron chi connectivity index (χ1n) is 9.04. The lowest BCUT2D eigenvalue weighted by Gasteiger charge is -2.25. The number of aromatic nitrogens is 2. The summed E-state index contributed by atoms with van der Waals surface area (Å²) < 4.78 is 0.880. The number of aryl methyl sites for hydroxylation is 1. The second-order valence-electron chi connectivity index (χ2n) is 6.81. The van der Waals surface area contributed by atoms with Crippen LogP contribution in [0.2, 0.25) is 0 Å². The van der Waals surface area contributed by atoms with Crippen LogP contribution < -0.4 is 5.32 Å². The minimum absolute atomic E-state index is 0.0639. The highest BCUT2D eigenvalue weighted by Gasteiger charge is 2.43. The van der Waals surface area contributed by atoms with Crippen LogP contribution in [-0.2, 0) is 16.0 Å². The third kappa shape index (κ3) is 3.95. The molecule has 0 spiro atoms. The standard InChI is InChI=1S/C20H21N3OS3/c1-14-7-2-3-8-15(14)13-26-19-23-22-18(27-19)21-17(24)20(10-4-5-11-20)16-9-6-12-25-16/h2-3,6-9,12H,4-5,10-11,13H2,1H3,(H,21,22,24). The molecule has 2 heterocycles. The summed E-state index contributed by atoms with van der Waals surface area (Å²) in [5.74, 6) is 0.919. The van der Waals surface area contributed by atoms with E-state index in [1.165, 1.54) is 22.5 Å². The molecule has 3 aromatic rings. The number of thiophene rings is 1. The molecule has 2 aromatic heterocycles. The molecule has 1 fully saturated rings. The lowest BCUT2D eigenvalue weighted by Crippen LogP contribution is -2.37. The third-order valence-electron chi connectivity index (χ3n) is 5.12. The van der Waals surface area contributed by atoms with Gasteiger partial charge in [-0.15, -0.1) is 21.5 Å². The topological polar surface area (TPSA) is 54.9 Å². The SMILES string of the molecule is Cc1ccccc1CSc1nnc(NC(=O)C2(c3cccs3)CCCC2)s1. The second-order valence-corrected chi connectivity index (χ2v) is 9.96. The number of rotatable bonds is 6. The molecule has 1 saturated carbocycles. The molecule has 0 atom stereocenters. The fourth-order valence-corrected chi connectivity index (χ4v) is 6.37. The van der Waals surface area contributed by atoms with E-state index in [0.717, 1.165) is 40.7 Å². The maximum Gasteiger partial charge on any atom is 0.237 e. The van der Waals surface area contributed by atoms with Crippen LogP contribution in [0.3, 0.4) is 0 Å². The van der Waals surface area contributed by atoms with E-state index >= 15 is 0 Å². The first-order chi connectivity index (χ1) is 13.2. The Balaban J connectivity index is 1.43. The zero-order valence-electron chi connectivity index (χ0n) is 15.1. The number of carbonyl (C=O) groups excluding carboxylic acids is 1. The Hall–Kier alpha value is -1.70. The summed E-state index contributed by atoms with van der Waals surface area (Å²) in [6.45, 7) is 2.12. The minimum Gasteiger partial charge on any atom is -0.300 e. The molecule has 1 aromatic carbocycles. The summed E-state index contributed by atoms with van der Waals surface area (Å²) in [7, 11) is 0. The number of nitrogens with one attached hydrogen (secondary N) is 1. The van der Waals surface area contributed by atoms with Crippen LogP contribution in [0.15, 0.2) is 46.1 Å². The Kier molecular flexibility index (Phi) is 5.61. The predicted molar refractivity (Wildman–Crippen MR) is 114 cm³/mol. The Labute approximate surface area is 171 Å². The number of hydrogen-bond acceptors (Lipinski definition) is 6. The summed E-state index contributed by atoms with van der Waals surface area (Å²) in [4.78, 5) is 14.3. The maximum atomic E-state index is 13.1. The molecular formula is C20H21N3OS3. The monoisotopic (exact) mass is 415 g/mol. The molecule has 7 heteroatoms. The predicted octanol–water partition coefficient (Wildman–Crippen LogP) is 5.65. The average molecular weight is 416 g/mol. The van der Waals surface area contributed by atoms with E-state index in [0.29, 0.717) is 5.13 Å². The summed E-state index contributed by atoms with van der Waals surface area (Å²) in [6, 6.07) is 12.5. The van der Waals surface area contributed by atoms with Crippen molar-refractivity contribution in [3.63, 3.8) is 0 Å². The van der Waals surface area contributed by atoms with E-state index in [9.17, 15) is 4.79 Å². The van der Waals surface area contributed by atoms with Crippen LogP contribution in [0, 0.1) is 6.92 Å². The van der Waals surface area contributed by atoms with Crippen molar-refractivity contribution in [2.75, 3.05) is 5.32 Å².